The number of hydrogen-bond acceptors (Lipinski definition) is 4. The van der Waals surface area contributed by atoms with Gasteiger partial charge in [0.2, 0.25) is 0 Å². The zero-order valence-corrected chi connectivity index (χ0v) is 14.2. The molecule has 4 heteroatoms. The molecule has 0 atom stereocenters. The second-order valence-corrected chi connectivity index (χ2v) is 6.76. The number of nitrogen functional groups attached to an aromatic ring is 1. The Hall–Kier alpha value is -2.59. The molecule has 2 aromatic carbocycles. The maximum atomic E-state index is 6.33. The Morgan fingerprint density at radius 3 is 2.36 bits per heavy atom. The predicted molar refractivity (Wildman–Crippen MR) is 102 cm³/mol. The molecule has 4 N–H and O–H groups in total. The molecule has 4 nitrogen and oxygen atoms in total. The van der Waals surface area contributed by atoms with Gasteiger partial charge in [-0.2, -0.15) is 0 Å². The number of hydrogen-bond donors (Lipinski definition) is 2. The highest BCUT2D eigenvalue weighted by atomic mass is 16.5. The van der Waals surface area contributed by atoms with Crippen LogP contribution in [-0.2, 0) is 0 Å². The number of pyridine rings is 1. The maximum absolute atomic E-state index is 6.33. The van der Waals surface area contributed by atoms with Crippen LogP contribution >= 0.6 is 0 Å². The van der Waals surface area contributed by atoms with Crippen LogP contribution in [-0.4, -0.2) is 17.1 Å². The SMILES string of the molecule is Nc1cccc(-c2ccc(OC3CCC(N)CC3)c3ccccc23)n1. The second-order valence-electron chi connectivity index (χ2n) is 6.76. The molecule has 1 aliphatic rings. The van der Waals surface area contributed by atoms with Crippen LogP contribution in [0.25, 0.3) is 22.0 Å². The van der Waals surface area contributed by atoms with Gasteiger partial charge in [-0.1, -0.05) is 30.3 Å². The normalized spacial score (nSPS) is 20.5. The van der Waals surface area contributed by atoms with E-state index in [4.69, 9.17) is 16.2 Å². The Bertz CT molecular complexity index is 885. The molecule has 0 radical (unpaired) electrons. The monoisotopic (exact) mass is 333 g/mol. The smallest absolute Gasteiger partial charge is 0.127 e. The van der Waals surface area contributed by atoms with Crippen molar-refractivity contribution in [2.45, 2.75) is 37.8 Å². The van der Waals surface area contributed by atoms with Gasteiger partial charge in [0.25, 0.3) is 0 Å². The molecule has 1 aliphatic carbocycles. The third-order valence-electron chi connectivity index (χ3n) is 4.94. The van der Waals surface area contributed by atoms with Gasteiger partial charge in [0.1, 0.15) is 11.6 Å². The van der Waals surface area contributed by atoms with E-state index in [9.17, 15) is 0 Å². The van der Waals surface area contributed by atoms with Crippen LogP contribution in [0.15, 0.2) is 54.6 Å². The Labute approximate surface area is 147 Å². The van der Waals surface area contributed by atoms with Crippen molar-refractivity contribution < 1.29 is 4.74 Å². The third kappa shape index (κ3) is 3.30. The highest BCUT2D eigenvalue weighted by Gasteiger charge is 2.21. The van der Waals surface area contributed by atoms with Crippen molar-refractivity contribution in [2.75, 3.05) is 5.73 Å². The first-order chi connectivity index (χ1) is 12.2. The average molecular weight is 333 g/mol. The average Bonchev–Trinajstić information content (AvgIpc) is 2.64. The standard InChI is InChI=1S/C21H23N3O/c22-14-8-10-15(11-9-14)25-20-13-12-17(16-4-1-2-5-18(16)20)19-6-3-7-21(23)24-19/h1-7,12-15H,8-11,22H2,(H2,23,24). The van der Waals surface area contributed by atoms with Gasteiger partial charge >= 0.3 is 0 Å². The van der Waals surface area contributed by atoms with Gasteiger partial charge in [0.05, 0.1) is 11.8 Å². The van der Waals surface area contributed by atoms with Gasteiger partial charge in [-0.3, -0.25) is 0 Å². The molecule has 25 heavy (non-hydrogen) atoms. The van der Waals surface area contributed by atoms with Crippen LogP contribution in [0.4, 0.5) is 5.82 Å². The van der Waals surface area contributed by atoms with E-state index in [1.54, 1.807) is 6.07 Å². The Balaban J connectivity index is 1.72. The van der Waals surface area contributed by atoms with Crippen LogP contribution in [0.5, 0.6) is 5.75 Å². The Morgan fingerprint density at radius 2 is 1.60 bits per heavy atom. The van der Waals surface area contributed by atoms with Gasteiger partial charge in [-0.05, 0) is 55.3 Å². The van der Waals surface area contributed by atoms with Gasteiger partial charge in [-0.25, -0.2) is 4.98 Å². The minimum Gasteiger partial charge on any atom is -0.490 e. The lowest BCUT2D eigenvalue weighted by atomic mass is 9.93. The maximum Gasteiger partial charge on any atom is 0.127 e. The summed E-state index contributed by atoms with van der Waals surface area (Å²) in [6.45, 7) is 0. The summed E-state index contributed by atoms with van der Waals surface area (Å²) in [7, 11) is 0. The minimum atomic E-state index is 0.250. The van der Waals surface area contributed by atoms with Crippen molar-refractivity contribution in [1.29, 1.82) is 0 Å². The summed E-state index contributed by atoms with van der Waals surface area (Å²) in [5, 5.41) is 2.24. The zero-order valence-electron chi connectivity index (χ0n) is 14.2. The molecule has 0 spiro atoms. The van der Waals surface area contributed by atoms with E-state index in [1.165, 1.54) is 0 Å². The molecule has 0 unspecified atom stereocenters. The first-order valence-electron chi connectivity index (χ1n) is 8.87. The van der Waals surface area contributed by atoms with Gasteiger partial charge in [0, 0.05) is 17.0 Å². The molecule has 1 fully saturated rings. The van der Waals surface area contributed by atoms with Crippen LogP contribution < -0.4 is 16.2 Å². The summed E-state index contributed by atoms with van der Waals surface area (Å²) in [6.07, 6.45) is 4.36. The van der Waals surface area contributed by atoms with Crippen molar-refractivity contribution in [1.82, 2.24) is 4.98 Å². The molecule has 128 valence electrons. The predicted octanol–water partition coefficient (Wildman–Crippen LogP) is 4.13. The fraction of sp³-hybridized carbons (Fsp3) is 0.286. The molecule has 0 amide bonds. The summed E-state index contributed by atoms with van der Waals surface area (Å²) in [4.78, 5) is 4.47. The summed E-state index contributed by atoms with van der Waals surface area (Å²) in [5.74, 6) is 1.46. The molecule has 1 aromatic heterocycles. The topological polar surface area (TPSA) is 74.2 Å². The first-order valence-corrected chi connectivity index (χ1v) is 8.87. The fourth-order valence-corrected chi connectivity index (χ4v) is 3.59. The van der Waals surface area contributed by atoms with E-state index < -0.39 is 0 Å². The van der Waals surface area contributed by atoms with E-state index in [-0.39, 0.29) is 6.10 Å². The van der Waals surface area contributed by atoms with Crippen molar-refractivity contribution in [2.24, 2.45) is 5.73 Å². The van der Waals surface area contributed by atoms with E-state index in [0.29, 0.717) is 11.9 Å². The number of fused-ring (bicyclic) bond motifs is 1. The molecule has 4 rings (SSSR count). The van der Waals surface area contributed by atoms with Crippen LogP contribution in [0.2, 0.25) is 0 Å². The number of rotatable bonds is 3. The lowest BCUT2D eigenvalue weighted by molar-refractivity contribution is 0.149. The fourth-order valence-electron chi connectivity index (χ4n) is 3.59. The Kier molecular flexibility index (Phi) is 4.28. The number of nitrogens with zero attached hydrogens (tertiary/aromatic N) is 1. The summed E-state index contributed by atoms with van der Waals surface area (Å²) < 4.78 is 6.33. The number of aromatic nitrogens is 1. The van der Waals surface area contributed by atoms with Crippen molar-refractivity contribution in [3.63, 3.8) is 0 Å². The third-order valence-corrected chi connectivity index (χ3v) is 4.94. The summed E-state index contributed by atoms with van der Waals surface area (Å²) >= 11 is 0. The molecule has 0 aliphatic heterocycles. The minimum absolute atomic E-state index is 0.250. The molecule has 3 aromatic rings. The molecular weight excluding hydrogens is 310 g/mol. The van der Waals surface area contributed by atoms with Crippen LogP contribution in [0.3, 0.4) is 0 Å². The summed E-state index contributed by atoms with van der Waals surface area (Å²) in [6, 6.07) is 18.5. The first kappa shape index (κ1) is 15.9. The highest BCUT2D eigenvalue weighted by molar-refractivity contribution is 5.99. The zero-order chi connectivity index (χ0) is 17.2. The lowest BCUT2D eigenvalue weighted by Crippen LogP contribution is -2.31. The summed E-state index contributed by atoms with van der Waals surface area (Å²) in [5.41, 5.74) is 13.8. The number of ether oxygens (including phenoxy) is 1. The highest BCUT2D eigenvalue weighted by Crippen LogP contribution is 2.35. The lowest BCUT2D eigenvalue weighted by Gasteiger charge is -2.27. The van der Waals surface area contributed by atoms with Crippen molar-refractivity contribution in [3.05, 3.63) is 54.6 Å². The van der Waals surface area contributed by atoms with Crippen LogP contribution in [0.1, 0.15) is 25.7 Å². The second kappa shape index (κ2) is 6.73. The number of anilines is 1. The van der Waals surface area contributed by atoms with Gasteiger partial charge in [0.15, 0.2) is 0 Å². The molecular formula is C21H23N3O. The molecule has 0 saturated heterocycles. The van der Waals surface area contributed by atoms with E-state index in [0.717, 1.165) is 53.5 Å². The molecule has 0 bridgehead atoms. The number of benzene rings is 2. The van der Waals surface area contributed by atoms with E-state index in [1.807, 2.05) is 24.3 Å². The molecule has 1 saturated carbocycles. The quantitative estimate of drug-likeness (QED) is 0.755. The van der Waals surface area contributed by atoms with E-state index in [2.05, 4.69) is 29.2 Å². The molecule has 1 heterocycles. The van der Waals surface area contributed by atoms with Crippen molar-refractivity contribution in [3.8, 4) is 17.0 Å². The van der Waals surface area contributed by atoms with E-state index >= 15 is 0 Å². The number of nitrogens with two attached hydrogens (primary N) is 2. The Morgan fingerprint density at radius 1 is 0.840 bits per heavy atom. The largest absolute Gasteiger partial charge is 0.490 e. The van der Waals surface area contributed by atoms with Gasteiger partial charge < -0.3 is 16.2 Å². The van der Waals surface area contributed by atoms with Crippen molar-refractivity contribution >= 4 is 16.6 Å². The van der Waals surface area contributed by atoms with Crippen LogP contribution in [0, 0.1) is 0 Å². The van der Waals surface area contributed by atoms with Gasteiger partial charge in [-0.15, -0.1) is 0 Å².